The van der Waals surface area contributed by atoms with Crippen LogP contribution in [0.5, 0.6) is 0 Å². The molecule has 1 aliphatic rings. The van der Waals surface area contributed by atoms with Crippen LogP contribution in [0.4, 0.5) is 11.4 Å². The Hall–Kier alpha value is -2.34. The largest absolute Gasteiger partial charge is 0.326 e. The Kier molecular flexibility index (Phi) is 6.16. The second-order valence-corrected chi connectivity index (χ2v) is 8.70. The maximum atomic E-state index is 13.0. The Morgan fingerprint density at radius 2 is 1.78 bits per heavy atom. The Balaban J connectivity index is 1.66. The third kappa shape index (κ3) is 4.50. The van der Waals surface area contributed by atoms with Gasteiger partial charge in [0.2, 0.25) is 5.91 Å². The van der Waals surface area contributed by atoms with Crippen molar-refractivity contribution in [1.29, 1.82) is 0 Å². The van der Waals surface area contributed by atoms with Crippen molar-refractivity contribution in [2.75, 3.05) is 16.2 Å². The van der Waals surface area contributed by atoms with E-state index in [1.807, 2.05) is 24.3 Å². The van der Waals surface area contributed by atoms with E-state index in [4.69, 9.17) is 0 Å². The molecule has 27 heavy (non-hydrogen) atoms. The number of benzene rings is 2. The normalized spacial score (nSPS) is 13.4. The lowest BCUT2D eigenvalue weighted by molar-refractivity contribution is -0.116. The maximum absolute atomic E-state index is 13.0. The van der Waals surface area contributed by atoms with Gasteiger partial charge in [-0.15, -0.1) is 0 Å². The first-order valence-electron chi connectivity index (χ1n) is 9.53. The molecule has 0 fully saturated rings. The summed E-state index contributed by atoms with van der Waals surface area (Å²) in [5.41, 5.74) is 2.42. The van der Waals surface area contributed by atoms with Gasteiger partial charge in [-0.25, -0.2) is 8.42 Å². The second kappa shape index (κ2) is 8.57. The summed E-state index contributed by atoms with van der Waals surface area (Å²) in [6, 6.07) is 14.0. The third-order valence-electron chi connectivity index (χ3n) is 4.83. The van der Waals surface area contributed by atoms with Crippen molar-refractivity contribution in [2.45, 2.75) is 50.3 Å². The molecule has 1 heterocycles. The zero-order chi connectivity index (χ0) is 19.3. The highest BCUT2D eigenvalue weighted by molar-refractivity contribution is 7.92. The van der Waals surface area contributed by atoms with Gasteiger partial charge < -0.3 is 5.32 Å². The van der Waals surface area contributed by atoms with Crippen LogP contribution in [0.25, 0.3) is 0 Å². The monoisotopic (exact) mass is 386 g/mol. The molecule has 2 aromatic carbocycles. The fourth-order valence-electron chi connectivity index (χ4n) is 3.33. The van der Waals surface area contributed by atoms with Crippen LogP contribution in [0.1, 0.15) is 44.6 Å². The van der Waals surface area contributed by atoms with E-state index < -0.39 is 10.0 Å². The minimum absolute atomic E-state index is 0.0322. The van der Waals surface area contributed by atoms with Crippen molar-refractivity contribution in [3.8, 4) is 0 Å². The van der Waals surface area contributed by atoms with E-state index in [1.165, 1.54) is 4.31 Å². The van der Waals surface area contributed by atoms with Crippen molar-refractivity contribution >= 4 is 27.3 Å². The number of hydrogen-bond donors (Lipinski definition) is 1. The molecular weight excluding hydrogens is 360 g/mol. The number of anilines is 2. The molecule has 0 aromatic heterocycles. The van der Waals surface area contributed by atoms with E-state index in [1.54, 1.807) is 24.3 Å². The molecule has 0 saturated heterocycles. The van der Waals surface area contributed by atoms with Crippen LogP contribution in [0.3, 0.4) is 0 Å². The summed E-state index contributed by atoms with van der Waals surface area (Å²) in [7, 11) is -3.60. The zero-order valence-corrected chi connectivity index (χ0v) is 16.5. The van der Waals surface area contributed by atoms with E-state index in [0.29, 0.717) is 18.7 Å². The summed E-state index contributed by atoms with van der Waals surface area (Å²) < 4.78 is 27.4. The first kappa shape index (κ1) is 19.4. The lowest BCUT2D eigenvalue weighted by Gasteiger charge is -2.19. The summed E-state index contributed by atoms with van der Waals surface area (Å²) in [6.07, 6.45) is 5.42. The molecule has 3 rings (SSSR count). The topological polar surface area (TPSA) is 66.5 Å². The molecule has 144 valence electrons. The third-order valence-corrected chi connectivity index (χ3v) is 6.66. The van der Waals surface area contributed by atoms with Crippen molar-refractivity contribution in [2.24, 2.45) is 0 Å². The van der Waals surface area contributed by atoms with E-state index in [0.717, 1.165) is 43.4 Å². The van der Waals surface area contributed by atoms with Crippen LogP contribution in [0.2, 0.25) is 0 Å². The number of unbranched alkanes of at least 4 members (excludes halogenated alkanes) is 3. The van der Waals surface area contributed by atoms with Crippen LogP contribution in [0, 0.1) is 0 Å². The number of nitrogens with one attached hydrogen (secondary N) is 1. The van der Waals surface area contributed by atoms with Gasteiger partial charge in [0.25, 0.3) is 10.0 Å². The molecule has 1 aliphatic heterocycles. The number of fused-ring (bicyclic) bond motifs is 1. The van der Waals surface area contributed by atoms with Gasteiger partial charge in [-0.05, 0) is 48.7 Å². The van der Waals surface area contributed by atoms with Gasteiger partial charge in [0.15, 0.2) is 0 Å². The van der Waals surface area contributed by atoms with Crippen LogP contribution in [-0.4, -0.2) is 20.9 Å². The van der Waals surface area contributed by atoms with Gasteiger partial charge in [0.05, 0.1) is 10.6 Å². The Morgan fingerprint density at radius 1 is 1.04 bits per heavy atom. The summed E-state index contributed by atoms with van der Waals surface area (Å²) in [5.74, 6) is -0.0322. The lowest BCUT2D eigenvalue weighted by Crippen LogP contribution is -2.29. The number of hydrogen-bond acceptors (Lipinski definition) is 3. The number of carbonyl (C=O) groups excluding carboxylic acids is 1. The molecule has 0 unspecified atom stereocenters. The van der Waals surface area contributed by atoms with Crippen molar-refractivity contribution < 1.29 is 13.2 Å². The van der Waals surface area contributed by atoms with E-state index in [2.05, 4.69) is 12.2 Å². The summed E-state index contributed by atoms with van der Waals surface area (Å²) >= 11 is 0. The average Bonchev–Trinajstić information content (AvgIpc) is 3.11. The van der Waals surface area contributed by atoms with Crippen LogP contribution in [-0.2, 0) is 21.2 Å². The molecule has 0 radical (unpaired) electrons. The highest BCUT2D eigenvalue weighted by atomic mass is 32.2. The number of rotatable bonds is 8. The smallest absolute Gasteiger partial charge is 0.264 e. The maximum Gasteiger partial charge on any atom is 0.264 e. The van der Waals surface area contributed by atoms with Crippen LogP contribution >= 0.6 is 0 Å². The highest BCUT2D eigenvalue weighted by Crippen LogP contribution is 2.32. The summed E-state index contributed by atoms with van der Waals surface area (Å²) in [6.45, 7) is 2.59. The Labute approximate surface area is 161 Å². The van der Waals surface area contributed by atoms with Crippen molar-refractivity contribution in [1.82, 2.24) is 0 Å². The minimum atomic E-state index is -3.60. The average molecular weight is 387 g/mol. The Bertz CT molecular complexity index is 892. The molecule has 5 nitrogen and oxygen atoms in total. The predicted octanol–water partition coefficient (Wildman–Crippen LogP) is 4.35. The van der Waals surface area contributed by atoms with Gasteiger partial charge >= 0.3 is 0 Å². The molecule has 0 aliphatic carbocycles. The van der Waals surface area contributed by atoms with Gasteiger partial charge in [0.1, 0.15) is 0 Å². The molecule has 0 bridgehead atoms. The van der Waals surface area contributed by atoms with E-state index >= 15 is 0 Å². The molecule has 1 N–H and O–H groups in total. The predicted molar refractivity (Wildman–Crippen MR) is 109 cm³/mol. The lowest BCUT2D eigenvalue weighted by atomic mass is 10.1. The fraction of sp³-hybridized carbons (Fsp3) is 0.381. The molecule has 2 aromatic rings. The number of sulfonamides is 1. The SMILES string of the molecule is CCCCCCC(=O)Nc1ccc(S(=O)(=O)N2CCc3ccccc32)cc1. The molecule has 1 amide bonds. The molecule has 0 spiro atoms. The number of amides is 1. The van der Waals surface area contributed by atoms with Gasteiger partial charge in [-0.3, -0.25) is 9.10 Å². The molecule has 0 atom stereocenters. The number of para-hydroxylation sites is 1. The molecule has 6 heteroatoms. The van der Waals surface area contributed by atoms with E-state index in [9.17, 15) is 13.2 Å². The molecular formula is C21H26N2O3S. The Morgan fingerprint density at radius 3 is 2.52 bits per heavy atom. The van der Waals surface area contributed by atoms with Crippen molar-refractivity contribution in [3.05, 3.63) is 54.1 Å². The highest BCUT2D eigenvalue weighted by Gasteiger charge is 2.30. The number of carbonyl (C=O) groups is 1. The standard InChI is InChI=1S/C21H26N2O3S/c1-2-3-4-5-10-21(24)22-18-11-13-19(14-12-18)27(25,26)23-16-15-17-8-6-7-9-20(17)23/h6-9,11-14H,2-5,10,15-16H2,1H3,(H,22,24). The van der Waals surface area contributed by atoms with E-state index in [-0.39, 0.29) is 10.8 Å². The first-order valence-corrected chi connectivity index (χ1v) is 11.0. The zero-order valence-electron chi connectivity index (χ0n) is 15.6. The number of nitrogens with zero attached hydrogens (tertiary/aromatic N) is 1. The summed E-state index contributed by atoms with van der Waals surface area (Å²) in [5, 5.41) is 2.84. The quantitative estimate of drug-likeness (QED) is 0.686. The minimum Gasteiger partial charge on any atom is -0.326 e. The van der Waals surface area contributed by atoms with Crippen LogP contribution in [0.15, 0.2) is 53.4 Å². The van der Waals surface area contributed by atoms with Gasteiger partial charge in [-0.2, -0.15) is 0 Å². The van der Waals surface area contributed by atoms with Gasteiger partial charge in [0, 0.05) is 18.7 Å². The molecule has 0 saturated carbocycles. The second-order valence-electron chi connectivity index (χ2n) is 6.84. The first-order chi connectivity index (χ1) is 13.0. The fourth-order valence-corrected chi connectivity index (χ4v) is 4.83. The van der Waals surface area contributed by atoms with Gasteiger partial charge in [-0.1, -0.05) is 44.4 Å². The van der Waals surface area contributed by atoms with Crippen molar-refractivity contribution in [3.63, 3.8) is 0 Å². The summed E-state index contributed by atoms with van der Waals surface area (Å²) in [4.78, 5) is 12.2. The van der Waals surface area contributed by atoms with Crippen LogP contribution < -0.4 is 9.62 Å².